The van der Waals surface area contributed by atoms with Crippen molar-refractivity contribution in [3.63, 3.8) is 0 Å². The zero-order chi connectivity index (χ0) is 25.7. The highest BCUT2D eigenvalue weighted by Gasteiger charge is 2.36. The fourth-order valence-electron chi connectivity index (χ4n) is 5.06. The predicted molar refractivity (Wildman–Crippen MR) is 137 cm³/mol. The first-order valence-corrected chi connectivity index (χ1v) is 12.5. The zero-order valence-corrected chi connectivity index (χ0v) is 21.5. The molecule has 1 amide bonds. The Labute approximate surface area is 212 Å². The van der Waals surface area contributed by atoms with E-state index >= 15 is 0 Å². The highest BCUT2D eigenvalue weighted by Crippen LogP contribution is 2.37. The Kier molecular flexibility index (Phi) is 8.25. The van der Waals surface area contributed by atoms with Crippen LogP contribution < -0.4 is 9.47 Å². The summed E-state index contributed by atoms with van der Waals surface area (Å²) in [6.07, 6.45) is 2.22. The number of rotatable bonds is 8. The van der Waals surface area contributed by atoms with Crippen molar-refractivity contribution in [2.75, 3.05) is 40.5 Å². The Morgan fingerprint density at radius 2 is 1.92 bits per heavy atom. The van der Waals surface area contributed by atoms with Crippen LogP contribution in [0.1, 0.15) is 48.9 Å². The van der Waals surface area contributed by atoms with Crippen LogP contribution in [0, 0.1) is 12.8 Å². The van der Waals surface area contributed by atoms with Gasteiger partial charge in [-0.1, -0.05) is 24.3 Å². The molecule has 2 heterocycles. The van der Waals surface area contributed by atoms with E-state index in [2.05, 4.69) is 19.1 Å². The van der Waals surface area contributed by atoms with Crippen LogP contribution >= 0.6 is 0 Å². The van der Waals surface area contributed by atoms with Crippen LogP contribution in [0.25, 0.3) is 0 Å². The molecule has 0 bridgehead atoms. The zero-order valence-electron chi connectivity index (χ0n) is 21.5. The van der Waals surface area contributed by atoms with E-state index in [9.17, 15) is 9.59 Å². The molecule has 2 aliphatic rings. The summed E-state index contributed by atoms with van der Waals surface area (Å²) in [6, 6.07) is 13.5. The van der Waals surface area contributed by atoms with E-state index < -0.39 is 0 Å². The summed E-state index contributed by atoms with van der Waals surface area (Å²) in [4.78, 5) is 28.0. The molecule has 2 atom stereocenters. The molecule has 1 fully saturated rings. The molecule has 8 nitrogen and oxygen atoms in total. The molecular weight excluding hydrogens is 458 g/mol. The lowest BCUT2D eigenvalue weighted by molar-refractivity contribution is -0.150. The lowest BCUT2D eigenvalue weighted by atomic mass is 9.94. The number of amides is 1. The third kappa shape index (κ3) is 5.54. The molecule has 192 valence electrons. The van der Waals surface area contributed by atoms with Gasteiger partial charge in [-0.05, 0) is 56.5 Å². The molecule has 36 heavy (non-hydrogen) atoms. The standard InChI is InChI=1S/C28H35N3O5/c1-5-36-28(33)20-10-8-14-30(17-20)18-27(32)31-25(22-11-7-6-9-19(22)2)16-24(29-31)23-13-12-21(34-3)15-26(23)35-4/h6-7,9,11-13,15,20,25H,5,8,10,14,16-18H2,1-4H3/t20-,25+/m1/s1. The second-order valence-corrected chi connectivity index (χ2v) is 9.25. The first-order valence-electron chi connectivity index (χ1n) is 12.5. The molecule has 2 aliphatic heterocycles. The number of ether oxygens (including phenoxy) is 3. The molecule has 0 N–H and O–H groups in total. The van der Waals surface area contributed by atoms with Gasteiger partial charge in [-0.3, -0.25) is 14.5 Å². The van der Waals surface area contributed by atoms with Crippen molar-refractivity contribution in [3.05, 3.63) is 59.2 Å². The van der Waals surface area contributed by atoms with Crippen molar-refractivity contribution >= 4 is 17.6 Å². The summed E-state index contributed by atoms with van der Waals surface area (Å²) in [6.45, 7) is 5.73. The van der Waals surface area contributed by atoms with Gasteiger partial charge in [-0.15, -0.1) is 0 Å². The van der Waals surface area contributed by atoms with Crippen molar-refractivity contribution in [3.8, 4) is 11.5 Å². The lowest BCUT2D eigenvalue weighted by Gasteiger charge is -2.32. The Hall–Kier alpha value is -3.39. The summed E-state index contributed by atoms with van der Waals surface area (Å²) in [5.41, 5.74) is 3.81. The minimum absolute atomic E-state index is 0.0877. The van der Waals surface area contributed by atoms with E-state index in [0.717, 1.165) is 41.8 Å². The third-order valence-corrected chi connectivity index (χ3v) is 6.92. The summed E-state index contributed by atoms with van der Waals surface area (Å²) in [5.74, 6) is 0.883. The van der Waals surface area contributed by atoms with Crippen molar-refractivity contribution in [2.24, 2.45) is 11.0 Å². The molecule has 8 heteroatoms. The SMILES string of the molecule is CCOC(=O)[C@@H]1CCCN(CC(=O)N2N=C(c3ccc(OC)cc3OC)C[C@H]2c2ccccc2C)C1. The van der Waals surface area contributed by atoms with Crippen LogP contribution in [0.3, 0.4) is 0 Å². The smallest absolute Gasteiger partial charge is 0.310 e. The number of hydrogen-bond donors (Lipinski definition) is 0. The van der Waals surface area contributed by atoms with Gasteiger partial charge in [0.15, 0.2) is 0 Å². The minimum Gasteiger partial charge on any atom is -0.497 e. The quantitative estimate of drug-likeness (QED) is 0.518. The van der Waals surface area contributed by atoms with Gasteiger partial charge in [0.1, 0.15) is 11.5 Å². The number of carbonyl (C=O) groups is 2. The number of esters is 1. The molecule has 0 unspecified atom stereocenters. The van der Waals surface area contributed by atoms with Crippen LogP contribution in [0.5, 0.6) is 11.5 Å². The molecule has 0 aromatic heterocycles. The highest BCUT2D eigenvalue weighted by molar-refractivity contribution is 6.05. The van der Waals surface area contributed by atoms with Gasteiger partial charge in [0.25, 0.3) is 5.91 Å². The fourth-order valence-corrected chi connectivity index (χ4v) is 5.06. The maximum atomic E-state index is 13.7. The van der Waals surface area contributed by atoms with E-state index in [1.165, 1.54) is 0 Å². The number of benzene rings is 2. The van der Waals surface area contributed by atoms with E-state index in [-0.39, 0.29) is 30.4 Å². The number of hydrazone groups is 1. The minimum atomic E-state index is -0.217. The highest BCUT2D eigenvalue weighted by atomic mass is 16.5. The van der Waals surface area contributed by atoms with Crippen LogP contribution in [0.2, 0.25) is 0 Å². The van der Waals surface area contributed by atoms with Crippen molar-refractivity contribution in [1.82, 2.24) is 9.91 Å². The Morgan fingerprint density at radius 3 is 2.64 bits per heavy atom. The fraction of sp³-hybridized carbons (Fsp3) is 0.464. The van der Waals surface area contributed by atoms with E-state index in [1.807, 2.05) is 42.2 Å². The molecule has 1 saturated heterocycles. The molecule has 0 radical (unpaired) electrons. The molecule has 0 aliphatic carbocycles. The molecular formula is C28H35N3O5. The van der Waals surface area contributed by atoms with Gasteiger partial charge >= 0.3 is 5.97 Å². The van der Waals surface area contributed by atoms with E-state index in [1.54, 1.807) is 19.2 Å². The summed E-state index contributed by atoms with van der Waals surface area (Å²) >= 11 is 0. The van der Waals surface area contributed by atoms with Gasteiger partial charge in [0, 0.05) is 24.6 Å². The van der Waals surface area contributed by atoms with Gasteiger partial charge in [0.05, 0.1) is 45.0 Å². The first-order chi connectivity index (χ1) is 17.4. The van der Waals surface area contributed by atoms with Gasteiger partial charge in [-0.2, -0.15) is 5.10 Å². The predicted octanol–water partition coefficient (Wildman–Crippen LogP) is 3.97. The number of carbonyl (C=O) groups excluding carboxylic acids is 2. The van der Waals surface area contributed by atoms with Gasteiger partial charge in [-0.25, -0.2) is 5.01 Å². The third-order valence-electron chi connectivity index (χ3n) is 6.92. The Bertz CT molecular complexity index is 1130. The maximum absolute atomic E-state index is 13.7. The van der Waals surface area contributed by atoms with Crippen molar-refractivity contribution in [1.29, 1.82) is 0 Å². The average molecular weight is 494 g/mol. The molecule has 0 spiro atoms. The topological polar surface area (TPSA) is 80.7 Å². The second kappa shape index (κ2) is 11.6. The maximum Gasteiger partial charge on any atom is 0.310 e. The normalized spacial score (nSPS) is 20.1. The van der Waals surface area contributed by atoms with E-state index in [4.69, 9.17) is 19.3 Å². The van der Waals surface area contributed by atoms with E-state index in [0.29, 0.717) is 31.1 Å². The molecule has 0 saturated carbocycles. The van der Waals surface area contributed by atoms with Crippen molar-refractivity contribution in [2.45, 2.75) is 39.2 Å². The van der Waals surface area contributed by atoms with Crippen LogP contribution in [0.15, 0.2) is 47.6 Å². The Balaban J connectivity index is 1.60. The number of methoxy groups -OCH3 is 2. The monoisotopic (exact) mass is 493 g/mol. The molecule has 4 rings (SSSR count). The van der Waals surface area contributed by atoms with Crippen molar-refractivity contribution < 1.29 is 23.8 Å². The summed E-state index contributed by atoms with van der Waals surface area (Å²) < 4.78 is 16.2. The van der Waals surface area contributed by atoms with Gasteiger partial charge in [0.2, 0.25) is 0 Å². The second-order valence-electron chi connectivity index (χ2n) is 9.25. The summed E-state index contributed by atoms with van der Waals surface area (Å²) in [5, 5.41) is 6.45. The number of aryl methyl sites for hydroxylation is 1. The number of hydrogen-bond acceptors (Lipinski definition) is 7. The van der Waals surface area contributed by atoms with Crippen LogP contribution in [0.4, 0.5) is 0 Å². The van der Waals surface area contributed by atoms with Gasteiger partial charge < -0.3 is 14.2 Å². The Morgan fingerprint density at radius 1 is 1.11 bits per heavy atom. The first kappa shape index (κ1) is 25.7. The number of nitrogens with zero attached hydrogens (tertiary/aromatic N) is 3. The summed E-state index contributed by atoms with van der Waals surface area (Å²) in [7, 11) is 3.23. The average Bonchev–Trinajstić information content (AvgIpc) is 3.34. The van der Waals surface area contributed by atoms with Crippen LogP contribution in [-0.2, 0) is 14.3 Å². The number of likely N-dealkylation sites (tertiary alicyclic amines) is 1. The molecule has 2 aromatic carbocycles. The van der Waals surface area contributed by atoms with Crippen LogP contribution in [-0.4, -0.2) is 68.0 Å². The lowest BCUT2D eigenvalue weighted by Crippen LogP contribution is -2.44. The molecule has 2 aromatic rings. The number of piperidine rings is 1. The largest absolute Gasteiger partial charge is 0.497 e.